The normalized spacial score (nSPS) is 9.85. The molecule has 0 spiro atoms. The molecular weight excluding hydrogens is 262 g/mol. The van der Waals surface area contributed by atoms with Crippen LogP contribution >= 0.6 is 0 Å². The minimum Gasteiger partial charge on any atom is -0.457 e. The number of rotatable bonds is 4. The fourth-order valence-corrected chi connectivity index (χ4v) is 1.54. The second-order valence-electron chi connectivity index (χ2n) is 3.92. The van der Waals surface area contributed by atoms with Crippen molar-refractivity contribution >= 4 is 11.7 Å². The summed E-state index contributed by atoms with van der Waals surface area (Å²) >= 11 is 0. The van der Waals surface area contributed by atoms with Crippen molar-refractivity contribution in [3.8, 4) is 17.2 Å². The molecule has 0 amide bonds. The fraction of sp³-hybridized carbons (Fsp3) is 0.0714. The third-order valence-corrected chi connectivity index (χ3v) is 2.35. The van der Waals surface area contributed by atoms with Crippen LogP contribution in [-0.2, 0) is 4.79 Å². The van der Waals surface area contributed by atoms with E-state index >= 15 is 0 Å². The molecule has 6 heteroatoms. The summed E-state index contributed by atoms with van der Waals surface area (Å²) in [5.74, 6) is 0.877. The van der Waals surface area contributed by atoms with Gasteiger partial charge in [-0.05, 0) is 24.3 Å². The van der Waals surface area contributed by atoms with Gasteiger partial charge in [0.15, 0.2) is 0 Å². The van der Waals surface area contributed by atoms with Crippen LogP contribution in [0.5, 0.6) is 17.2 Å². The number of hydrogen-bond donors (Lipinski definition) is 0. The van der Waals surface area contributed by atoms with Gasteiger partial charge in [-0.25, -0.2) is 0 Å². The highest BCUT2D eigenvalue weighted by Gasteiger charge is 2.06. The Bertz CT molecular complexity index is 636. The summed E-state index contributed by atoms with van der Waals surface area (Å²) in [5, 5.41) is 10.5. The molecular formula is C14H11NO5. The molecule has 0 radical (unpaired) electrons. The second kappa shape index (κ2) is 5.83. The van der Waals surface area contributed by atoms with Crippen molar-refractivity contribution in [3.63, 3.8) is 0 Å². The summed E-state index contributed by atoms with van der Waals surface area (Å²) in [6.45, 7) is 1.31. The summed E-state index contributed by atoms with van der Waals surface area (Å²) < 4.78 is 10.5. The van der Waals surface area contributed by atoms with E-state index in [1.165, 1.54) is 31.2 Å². The molecule has 2 rings (SSSR count). The Labute approximate surface area is 114 Å². The number of nitro groups is 1. The van der Waals surface area contributed by atoms with E-state index in [2.05, 4.69) is 0 Å². The minimum absolute atomic E-state index is 0.00832. The van der Waals surface area contributed by atoms with E-state index in [0.717, 1.165) is 0 Å². The van der Waals surface area contributed by atoms with Crippen molar-refractivity contribution in [1.29, 1.82) is 0 Å². The van der Waals surface area contributed by atoms with E-state index < -0.39 is 10.9 Å². The van der Waals surface area contributed by atoms with Gasteiger partial charge in [-0.15, -0.1) is 0 Å². The summed E-state index contributed by atoms with van der Waals surface area (Å²) in [4.78, 5) is 20.9. The number of nitro benzene ring substituents is 1. The molecule has 0 aliphatic rings. The smallest absolute Gasteiger partial charge is 0.308 e. The van der Waals surface area contributed by atoms with E-state index in [4.69, 9.17) is 9.47 Å². The molecule has 0 fully saturated rings. The molecule has 0 heterocycles. The molecule has 0 aliphatic carbocycles. The Morgan fingerprint density at radius 3 is 2.30 bits per heavy atom. The average Bonchev–Trinajstić information content (AvgIpc) is 2.39. The van der Waals surface area contributed by atoms with Gasteiger partial charge in [-0.1, -0.05) is 6.07 Å². The van der Waals surface area contributed by atoms with E-state index in [9.17, 15) is 14.9 Å². The second-order valence-corrected chi connectivity index (χ2v) is 3.92. The van der Waals surface area contributed by atoms with E-state index in [-0.39, 0.29) is 5.69 Å². The molecule has 0 aromatic heterocycles. The van der Waals surface area contributed by atoms with Gasteiger partial charge in [0, 0.05) is 25.1 Å². The van der Waals surface area contributed by atoms with Crippen LogP contribution in [0.25, 0.3) is 0 Å². The number of nitrogens with zero attached hydrogens (tertiary/aromatic N) is 1. The number of carbonyl (C=O) groups excluding carboxylic acids is 1. The lowest BCUT2D eigenvalue weighted by Crippen LogP contribution is -2.01. The highest BCUT2D eigenvalue weighted by molar-refractivity contribution is 5.69. The van der Waals surface area contributed by atoms with Crippen molar-refractivity contribution < 1.29 is 19.2 Å². The zero-order valence-corrected chi connectivity index (χ0v) is 10.6. The van der Waals surface area contributed by atoms with Crippen molar-refractivity contribution in [3.05, 3.63) is 58.6 Å². The first-order valence-electron chi connectivity index (χ1n) is 5.75. The lowest BCUT2D eigenvalue weighted by atomic mass is 10.3. The van der Waals surface area contributed by atoms with Crippen LogP contribution in [0.3, 0.4) is 0 Å². The maximum atomic E-state index is 10.9. The van der Waals surface area contributed by atoms with E-state index in [0.29, 0.717) is 17.2 Å². The lowest BCUT2D eigenvalue weighted by Gasteiger charge is -2.07. The first-order valence-corrected chi connectivity index (χ1v) is 5.75. The molecule has 20 heavy (non-hydrogen) atoms. The fourth-order valence-electron chi connectivity index (χ4n) is 1.54. The van der Waals surface area contributed by atoms with E-state index in [1.807, 2.05) is 0 Å². The molecule has 6 nitrogen and oxygen atoms in total. The maximum Gasteiger partial charge on any atom is 0.308 e. The Kier molecular flexibility index (Phi) is 3.95. The van der Waals surface area contributed by atoms with Crippen LogP contribution in [0.2, 0.25) is 0 Å². The topological polar surface area (TPSA) is 78.7 Å². The molecule has 0 atom stereocenters. The first-order chi connectivity index (χ1) is 9.54. The molecule has 0 bridgehead atoms. The van der Waals surface area contributed by atoms with Crippen LogP contribution < -0.4 is 9.47 Å². The standard InChI is InChI=1S/C14H11NO5/c1-10(16)19-13-3-2-4-14(9-13)20-12-7-5-11(6-8-12)15(17)18/h2-9H,1H3. The molecule has 0 unspecified atom stereocenters. The Morgan fingerprint density at radius 1 is 1.05 bits per heavy atom. The number of ether oxygens (including phenoxy) is 2. The summed E-state index contributed by atoms with van der Waals surface area (Å²) in [6.07, 6.45) is 0. The van der Waals surface area contributed by atoms with Gasteiger partial charge in [-0.3, -0.25) is 14.9 Å². The van der Waals surface area contributed by atoms with Crippen LogP contribution in [0.1, 0.15) is 6.92 Å². The van der Waals surface area contributed by atoms with Gasteiger partial charge in [0.05, 0.1) is 4.92 Å². The Hall–Kier alpha value is -2.89. The Morgan fingerprint density at radius 2 is 1.70 bits per heavy atom. The third-order valence-electron chi connectivity index (χ3n) is 2.35. The molecule has 2 aromatic carbocycles. The summed E-state index contributed by atoms with van der Waals surface area (Å²) in [7, 11) is 0. The van der Waals surface area contributed by atoms with Crippen LogP contribution in [-0.4, -0.2) is 10.9 Å². The molecule has 0 saturated carbocycles. The van der Waals surface area contributed by atoms with Crippen LogP contribution in [0.4, 0.5) is 5.69 Å². The zero-order chi connectivity index (χ0) is 14.5. The molecule has 0 aliphatic heterocycles. The highest BCUT2D eigenvalue weighted by Crippen LogP contribution is 2.26. The van der Waals surface area contributed by atoms with Crippen LogP contribution in [0.15, 0.2) is 48.5 Å². The predicted molar refractivity (Wildman–Crippen MR) is 70.9 cm³/mol. The molecule has 2 aromatic rings. The van der Waals surface area contributed by atoms with Gasteiger partial charge in [0.2, 0.25) is 0 Å². The van der Waals surface area contributed by atoms with E-state index in [1.54, 1.807) is 24.3 Å². The van der Waals surface area contributed by atoms with Crippen molar-refractivity contribution in [2.24, 2.45) is 0 Å². The monoisotopic (exact) mass is 273 g/mol. The number of hydrogen-bond acceptors (Lipinski definition) is 5. The summed E-state index contributed by atoms with van der Waals surface area (Å²) in [5.41, 5.74) is -0.00832. The number of non-ortho nitro benzene ring substituents is 1. The van der Waals surface area contributed by atoms with Crippen LogP contribution in [0, 0.1) is 10.1 Å². The molecule has 0 saturated heterocycles. The third kappa shape index (κ3) is 3.55. The average molecular weight is 273 g/mol. The van der Waals surface area contributed by atoms with Gasteiger partial charge >= 0.3 is 5.97 Å². The van der Waals surface area contributed by atoms with Crippen molar-refractivity contribution in [2.75, 3.05) is 0 Å². The number of esters is 1. The minimum atomic E-state index is -0.481. The van der Waals surface area contributed by atoms with Gasteiger partial charge in [0.1, 0.15) is 17.2 Å². The SMILES string of the molecule is CC(=O)Oc1cccc(Oc2ccc([N+](=O)[O-])cc2)c1. The zero-order valence-electron chi connectivity index (χ0n) is 10.6. The van der Waals surface area contributed by atoms with Crippen molar-refractivity contribution in [1.82, 2.24) is 0 Å². The largest absolute Gasteiger partial charge is 0.457 e. The van der Waals surface area contributed by atoms with Gasteiger partial charge in [0.25, 0.3) is 5.69 Å². The lowest BCUT2D eigenvalue weighted by molar-refractivity contribution is -0.384. The van der Waals surface area contributed by atoms with Gasteiger partial charge < -0.3 is 9.47 Å². The molecule has 102 valence electrons. The first kappa shape index (κ1) is 13.5. The predicted octanol–water partition coefficient (Wildman–Crippen LogP) is 3.31. The van der Waals surface area contributed by atoms with Crippen molar-refractivity contribution in [2.45, 2.75) is 6.92 Å². The Balaban J connectivity index is 2.13. The number of benzene rings is 2. The molecule has 0 N–H and O–H groups in total. The highest BCUT2D eigenvalue weighted by atomic mass is 16.6. The quantitative estimate of drug-likeness (QED) is 0.369. The summed E-state index contributed by atoms with van der Waals surface area (Å²) in [6, 6.07) is 12.3. The van der Waals surface area contributed by atoms with Gasteiger partial charge in [-0.2, -0.15) is 0 Å². The number of carbonyl (C=O) groups is 1. The maximum absolute atomic E-state index is 10.9.